The molecule has 0 fully saturated rings. The molecule has 0 aromatic heterocycles. The van der Waals surface area contributed by atoms with Crippen LogP contribution in [0.15, 0.2) is 53.0 Å². The van der Waals surface area contributed by atoms with Crippen molar-refractivity contribution in [2.75, 3.05) is 18.5 Å². The lowest BCUT2D eigenvalue weighted by atomic mass is 10.1. The lowest BCUT2D eigenvalue weighted by Gasteiger charge is -2.21. The van der Waals surface area contributed by atoms with Crippen molar-refractivity contribution in [3.05, 3.63) is 64.1 Å². The highest BCUT2D eigenvalue weighted by Crippen LogP contribution is 2.21. The standard InChI is InChI=1S/C17H20BrNO/c1-13-3-9-16(10-4-13)19(2)12-11-17(20)14-5-7-15(18)8-6-14/h3-10,17,20H,11-12H2,1-2H3. The lowest BCUT2D eigenvalue weighted by molar-refractivity contribution is 0.170. The lowest BCUT2D eigenvalue weighted by Crippen LogP contribution is -2.20. The molecule has 0 bridgehead atoms. The number of hydrogen-bond donors (Lipinski definition) is 1. The second-order valence-electron chi connectivity index (χ2n) is 5.11. The number of nitrogens with zero attached hydrogens (tertiary/aromatic N) is 1. The molecule has 0 heterocycles. The minimum Gasteiger partial charge on any atom is -0.388 e. The molecular formula is C17H20BrNO. The van der Waals surface area contributed by atoms with Crippen molar-refractivity contribution < 1.29 is 5.11 Å². The first kappa shape index (κ1) is 15.1. The van der Waals surface area contributed by atoms with Crippen LogP contribution in [-0.2, 0) is 0 Å². The molecule has 0 saturated heterocycles. The van der Waals surface area contributed by atoms with Gasteiger partial charge >= 0.3 is 0 Å². The fourth-order valence-corrected chi connectivity index (χ4v) is 2.36. The normalized spacial score (nSPS) is 12.2. The Bertz CT molecular complexity index is 484. The smallest absolute Gasteiger partial charge is 0.0806 e. The van der Waals surface area contributed by atoms with Crippen molar-refractivity contribution in [2.24, 2.45) is 0 Å². The Kier molecular flexibility index (Phi) is 5.21. The van der Waals surface area contributed by atoms with Gasteiger partial charge in [0, 0.05) is 23.8 Å². The Morgan fingerprint density at radius 2 is 1.65 bits per heavy atom. The number of halogens is 1. The van der Waals surface area contributed by atoms with Gasteiger partial charge in [0.15, 0.2) is 0 Å². The van der Waals surface area contributed by atoms with E-state index in [2.05, 4.69) is 59.1 Å². The fourth-order valence-electron chi connectivity index (χ4n) is 2.10. The molecule has 0 aliphatic heterocycles. The predicted molar refractivity (Wildman–Crippen MR) is 88.2 cm³/mol. The summed E-state index contributed by atoms with van der Waals surface area (Å²) in [4.78, 5) is 2.17. The summed E-state index contributed by atoms with van der Waals surface area (Å²) in [5, 5.41) is 10.2. The monoisotopic (exact) mass is 333 g/mol. The van der Waals surface area contributed by atoms with Crippen LogP contribution in [0.4, 0.5) is 5.69 Å². The number of aliphatic hydroxyl groups is 1. The van der Waals surface area contributed by atoms with Crippen LogP contribution in [0.5, 0.6) is 0 Å². The van der Waals surface area contributed by atoms with Gasteiger partial charge in [-0.1, -0.05) is 45.8 Å². The molecule has 1 unspecified atom stereocenters. The topological polar surface area (TPSA) is 23.5 Å². The number of benzene rings is 2. The zero-order valence-corrected chi connectivity index (χ0v) is 13.5. The summed E-state index contributed by atoms with van der Waals surface area (Å²) in [6, 6.07) is 16.3. The van der Waals surface area contributed by atoms with Gasteiger partial charge in [-0.2, -0.15) is 0 Å². The minimum absolute atomic E-state index is 0.420. The third kappa shape index (κ3) is 4.09. The molecule has 106 valence electrons. The highest BCUT2D eigenvalue weighted by Gasteiger charge is 2.09. The van der Waals surface area contributed by atoms with Crippen LogP contribution in [0.3, 0.4) is 0 Å². The summed E-state index contributed by atoms with van der Waals surface area (Å²) in [7, 11) is 2.05. The number of aliphatic hydroxyl groups excluding tert-OH is 1. The molecule has 2 aromatic carbocycles. The molecule has 0 aliphatic rings. The largest absolute Gasteiger partial charge is 0.388 e. The highest BCUT2D eigenvalue weighted by molar-refractivity contribution is 9.10. The number of rotatable bonds is 5. The van der Waals surface area contributed by atoms with Crippen molar-refractivity contribution >= 4 is 21.6 Å². The molecule has 1 atom stereocenters. The van der Waals surface area contributed by atoms with Gasteiger partial charge in [0.1, 0.15) is 0 Å². The van der Waals surface area contributed by atoms with E-state index >= 15 is 0 Å². The van der Waals surface area contributed by atoms with E-state index in [1.807, 2.05) is 24.3 Å². The number of aryl methyl sites for hydroxylation is 1. The minimum atomic E-state index is -0.420. The van der Waals surface area contributed by atoms with Crippen LogP contribution in [0.25, 0.3) is 0 Å². The Labute approximate surface area is 129 Å². The van der Waals surface area contributed by atoms with Crippen LogP contribution < -0.4 is 4.90 Å². The van der Waals surface area contributed by atoms with Crippen molar-refractivity contribution in [1.82, 2.24) is 0 Å². The summed E-state index contributed by atoms with van der Waals surface area (Å²) in [6.45, 7) is 2.90. The summed E-state index contributed by atoms with van der Waals surface area (Å²) >= 11 is 3.40. The molecule has 2 aromatic rings. The van der Waals surface area contributed by atoms with E-state index in [4.69, 9.17) is 0 Å². The molecule has 3 heteroatoms. The van der Waals surface area contributed by atoms with E-state index in [0.29, 0.717) is 6.42 Å². The number of hydrogen-bond acceptors (Lipinski definition) is 2. The van der Waals surface area contributed by atoms with E-state index in [-0.39, 0.29) is 0 Å². The average molecular weight is 334 g/mol. The first-order valence-electron chi connectivity index (χ1n) is 6.77. The van der Waals surface area contributed by atoms with Crippen molar-refractivity contribution in [2.45, 2.75) is 19.4 Å². The first-order valence-corrected chi connectivity index (χ1v) is 7.57. The van der Waals surface area contributed by atoms with Gasteiger partial charge in [0.2, 0.25) is 0 Å². The Morgan fingerprint density at radius 3 is 2.25 bits per heavy atom. The average Bonchev–Trinajstić information content (AvgIpc) is 2.46. The van der Waals surface area contributed by atoms with Crippen LogP contribution in [-0.4, -0.2) is 18.7 Å². The van der Waals surface area contributed by atoms with Crippen molar-refractivity contribution in [3.8, 4) is 0 Å². The maximum Gasteiger partial charge on any atom is 0.0806 e. The van der Waals surface area contributed by atoms with E-state index in [9.17, 15) is 5.11 Å². The van der Waals surface area contributed by atoms with Crippen LogP contribution in [0, 0.1) is 6.92 Å². The van der Waals surface area contributed by atoms with E-state index in [1.54, 1.807) is 0 Å². The summed E-state index contributed by atoms with van der Waals surface area (Å²) in [5.41, 5.74) is 3.40. The summed E-state index contributed by atoms with van der Waals surface area (Å²) in [6.07, 6.45) is 0.294. The second kappa shape index (κ2) is 6.91. The van der Waals surface area contributed by atoms with Crippen LogP contribution >= 0.6 is 15.9 Å². The molecular weight excluding hydrogens is 314 g/mol. The van der Waals surface area contributed by atoms with Gasteiger partial charge in [-0.05, 0) is 43.2 Å². The van der Waals surface area contributed by atoms with Gasteiger partial charge in [-0.15, -0.1) is 0 Å². The predicted octanol–water partition coefficient (Wildman–Crippen LogP) is 4.32. The molecule has 2 nitrogen and oxygen atoms in total. The Balaban J connectivity index is 1.91. The van der Waals surface area contributed by atoms with Crippen molar-refractivity contribution in [3.63, 3.8) is 0 Å². The Hall–Kier alpha value is -1.32. The molecule has 20 heavy (non-hydrogen) atoms. The molecule has 0 amide bonds. The quantitative estimate of drug-likeness (QED) is 0.880. The molecule has 2 rings (SSSR count). The van der Waals surface area contributed by atoms with Crippen LogP contribution in [0.2, 0.25) is 0 Å². The zero-order chi connectivity index (χ0) is 14.5. The summed E-state index contributed by atoms with van der Waals surface area (Å²) < 4.78 is 1.03. The van der Waals surface area contributed by atoms with Gasteiger partial charge in [0.25, 0.3) is 0 Å². The van der Waals surface area contributed by atoms with E-state index in [1.165, 1.54) is 11.3 Å². The van der Waals surface area contributed by atoms with Gasteiger partial charge in [-0.25, -0.2) is 0 Å². The highest BCUT2D eigenvalue weighted by atomic mass is 79.9. The maximum atomic E-state index is 10.2. The third-order valence-electron chi connectivity index (χ3n) is 3.47. The first-order chi connectivity index (χ1) is 9.56. The molecule has 1 N–H and O–H groups in total. The zero-order valence-electron chi connectivity index (χ0n) is 11.9. The molecule has 0 aliphatic carbocycles. The second-order valence-corrected chi connectivity index (χ2v) is 6.03. The van der Waals surface area contributed by atoms with Crippen molar-refractivity contribution in [1.29, 1.82) is 0 Å². The fraction of sp³-hybridized carbons (Fsp3) is 0.294. The SMILES string of the molecule is Cc1ccc(N(C)CCC(O)c2ccc(Br)cc2)cc1. The van der Waals surface area contributed by atoms with Gasteiger partial charge in [-0.3, -0.25) is 0 Å². The van der Waals surface area contributed by atoms with Gasteiger partial charge in [0.05, 0.1) is 6.10 Å². The van der Waals surface area contributed by atoms with E-state index in [0.717, 1.165) is 16.6 Å². The Morgan fingerprint density at radius 1 is 1.05 bits per heavy atom. The maximum absolute atomic E-state index is 10.2. The molecule has 0 radical (unpaired) electrons. The number of anilines is 1. The molecule has 0 spiro atoms. The van der Waals surface area contributed by atoms with Gasteiger partial charge < -0.3 is 10.0 Å². The van der Waals surface area contributed by atoms with Crippen LogP contribution in [0.1, 0.15) is 23.7 Å². The third-order valence-corrected chi connectivity index (χ3v) is 4.00. The van der Waals surface area contributed by atoms with E-state index < -0.39 is 6.10 Å². The molecule has 0 saturated carbocycles. The summed E-state index contributed by atoms with van der Waals surface area (Å²) in [5.74, 6) is 0.